The zero-order chi connectivity index (χ0) is 18.7. The van der Waals surface area contributed by atoms with Gasteiger partial charge in [-0.05, 0) is 60.1 Å². The molecule has 0 saturated heterocycles. The first kappa shape index (κ1) is 19.3. The quantitative estimate of drug-likeness (QED) is 0.460. The highest BCUT2D eigenvalue weighted by atomic mass is 32.2. The first-order chi connectivity index (χ1) is 12.5. The van der Waals surface area contributed by atoms with Gasteiger partial charge in [-0.25, -0.2) is 4.79 Å². The highest BCUT2D eigenvalue weighted by Crippen LogP contribution is 2.42. The zero-order valence-corrected chi connectivity index (χ0v) is 17.0. The van der Waals surface area contributed by atoms with E-state index >= 15 is 0 Å². The summed E-state index contributed by atoms with van der Waals surface area (Å²) >= 11 is 1.55. The summed E-state index contributed by atoms with van der Waals surface area (Å²) in [5, 5.41) is 11.4. The van der Waals surface area contributed by atoms with Crippen molar-refractivity contribution in [3.05, 3.63) is 33.7 Å². The second-order valence-corrected chi connectivity index (χ2v) is 8.90. The van der Waals surface area contributed by atoms with Crippen molar-refractivity contribution < 1.29 is 9.52 Å². The molecule has 0 spiro atoms. The molecule has 1 aliphatic rings. The van der Waals surface area contributed by atoms with Gasteiger partial charge in [0.05, 0.1) is 10.3 Å². The van der Waals surface area contributed by atoms with Crippen LogP contribution in [0.5, 0.6) is 5.75 Å². The molecule has 3 rings (SSSR count). The fraction of sp³-hybridized carbons (Fsp3) is 0.591. The Balaban J connectivity index is 1.86. The summed E-state index contributed by atoms with van der Waals surface area (Å²) < 4.78 is 5.58. The summed E-state index contributed by atoms with van der Waals surface area (Å²) in [6, 6.07) is 3.83. The van der Waals surface area contributed by atoms with Crippen molar-refractivity contribution in [2.45, 2.75) is 76.5 Å². The Hall–Kier alpha value is -1.42. The number of aryl methyl sites for hydroxylation is 1. The van der Waals surface area contributed by atoms with Crippen molar-refractivity contribution in [3.63, 3.8) is 0 Å². The molecule has 2 unspecified atom stereocenters. The summed E-state index contributed by atoms with van der Waals surface area (Å²) in [6.07, 6.45) is 8.12. The van der Waals surface area contributed by atoms with Crippen molar-refractivity contribution in [3.8, 4) is 5.75 Å². The van der Waals surface area contributed by atoms with Crippen LogP contribution < -0.4 is 5.63 Å². The summed E-state index contributed by atoms with van der Waals surface area (Å²) in [7, 11) is 0. The lowest BCUT2D eigenvalue weighted by Gasteiger charge is -2.22. The Morgan fingerprint density at radius 3 is 2.88 bits per heavy atom. The van der Waals surface area contributed by atoms with Crippen LogP contribution in [0.4, 0.5) is 0 Å². The lowest BCUT2D eigenvalue weighted by atomic mass is 9.92. The standard InChI is InChI=1S/C22H30O3S/c1-4-5-6-7-14(2)8-9-16-12-17(23)20-18(13-16)25-22(24)21-19(20)15(3)10-11-26-21/h12-15,23H,4-11H2,1-3H3. The van der Waals surface area contributed by atoms with Crippen LogP contribution >= 0.6 is 11.8 Å². The lowest BCUT2D eigenvalue weighted by Crippen LogP contribution is -2.14. The number of benzene rings is 1. The van der Waals surface area contributed by atoms with Gasteiger partial charge < -0.3 is 9.52 Å². The summed E-state index contributed by atoms with van der Waals surface area (Å²) in [5.41, 5.74) is 2.31. The Bertz CT molecular complexity index is 824. The van der Waals surface area contributed by atoms with Crippen LogP contribution in [-0.4, -0.2) is 10.9 Å². The van der Waals surface area contributed by atoms with Crippen LogP contribution in [0.3, 0.4) is 0 Å². The van der Waals surface area contributed by atoms with Gasteiger partial charge in [0.1, 0.15) is 11.3 Å². The van der Waals surface area contributed by atoms with Gasteiger partial charge in [0, 0.05) is 0 Å². The number of aromatic hydroxyl groups is 1. The van der Waals surface area contributed by atoms with Gasteiger partial charge in [-0.2, -0.15) is 0 Å². The maximum atomic E-state index is 12.4. The molecule has 2 heterocycles. The smallest absolute Gasteiger partial charge is 0.350 e. The van der Waals surface area contributed by atoms with Crippen molar-refractivity contribution in [2.24, 2.45) is 5.92 Å². The molecule has 1 aromatic heterocycles. The first-order valence-corrected chi connectivity index (χ1v) is 10.9. The number of unbranched alkanes of at least 4 members (excludes halogenated alkanes) is 2. The van der Waals surface area contributed by atoms with Crippen LogP contribution in [0.1, 0.15) is 76.3 Å². The number of fused-ring (bicyclic) bond motifs is 3. The van der Waals surface area contributed by atoms with E-state index in [1.165, 1.54) is 25.7 Å². The average Bonchev–Trinajstić information content (AvgIpc) is 2.60. The number of phenolic OH excluding ortho intramolecular Hbond substituents is 1. The number of rotatable bonds is 7. The number of hydrogen-bond acceptors (Lipinski definition) is 4. The molecule has 0 radical (unpaired) electrons. The maximum absolute atomic E-state index is 12.4. The van der Waals surface area contributed by atoms with Crippen LogP contribution in [0.25, 0.3) is 11.0 Å². The SMILES string of the molecule is CCCCCC(C)CCc1cc(O)c2c3c(c(=O)oc2c1)SCCC3C. The van der Waals surface area contributed by atoms with E-state index in [-0.39, 0.29) is 17.3 Å². The third-order valence-corrected chi connectivity index (χ3v) is 6.67. The van der Waals surface area contributed by atoms with E-state index in [0.717, 1.165) is 41.5 Å². The van der Waals surface area contributed by atoms with Crippen molar-refractivity contribution in [2.75, 3.05) is 5.75 Å². The van der Waals surface area contributed by atoms with Gasteiger partial charge in [-0.15, -0.1) is 11.8 Å². The molecule has 26 heavy (non-hydrogen) atoms. The predicted molar refractivity (Wildman–Crippen MR) is 110 cm³/mol. The summed E-state index contributed by atoms with van der Waals surface area (Å²) in [5.74, 6) is 2.13. The molecule has 3 nitrogen and oxygen atoms in total. The normalized spacial score (nSPS) is 18.0. The van der Waals surface area contributed by atoms with Gasteiger partial charge >= 0.3 is 5.63 Å². The molecule has 0 aliphatic carbocycles. The number of thioether (sulfide) groups is 1. The van der Waals surface area contributed by atoms with E-state index in [1.807, 2.05) is 12.1 Å². The molecule has 142 valence electrons. The third kappa shape index (κ3) is 4.11. The van der Waals surface area contributed by atoms with Gasteiger partial charge in [-0.3, -0.25) is 0 Å². The van der Waals surface area contributed by atoms with Crippen LogP contribution in [0.15, 0.2) is 26.2 Å². The Morgan fingerprint density at radius 2 is 2.12 bits per heavy atom. The molecule has 0 saturated carbocycles. The topological polar surface area (TPSA) is 50.4 Å². The van der Waals surface area contributed by atoms with Crippen LogP contribution in [0, 0.1) is 5.92 Å². The number of phenols is 1. The molecule has 1 N–H and O–H groups in total. The summed E-state index contributed by atoms with van der Waals surface area (Å²) in [4.78, 5) is 13.1. The Labute approximate surface area is 160 Å². The highest BCUT2D eigenvalue weighted by Gasteiger charge is 2.26. The third-order valence-electron chi connectivity index (χ3n) is 5.56. The van der Waals surface area contributed by atoms with Crippen LogP contribution in [0.2, 0.25) is 0 Å². The van der Waals surface area contributed by atoms with Crippen molar-refractivity contribution >= 4 is 22.7 Å². The molecule has 0 bridgehead atoms. The Kier molecular flexibility index (Phi) is 6.33. The van der Waals surface area contributed by atoms with E-state index < -0.39 is 0 Å². The molecule has 2 aromatic rings. The largest absolute Gasteiger partial charge is 0.507 e. The second-order valence-electron chi connectivity index (χ2n) is 7.80. The highest BCUT2D eigenvalue weighted by molar-refractivity contribution is 7.99. The average molecular weight is 375 g/mol. The van der Waals surface area contributed by atoms with E-state index in [2.05, 4.69) is 20.8 Å². The van der Waals surface area contributed by atoms with Crippen molar-refractivity contribution in [1.82, 2.24) is 0 Å². The molecular formula is C22H30O3S. The number of hydrogen-bond donors (Lipinski definition) is 1. The van der Waals surface area contributed by atoms with E-state index in [1.54, 1.807) is 11.8 Å². The minimum Gasteiger partial charge on any atom is -0.507 e. The van der Waals surface area contributed by atoms with Gasteiger partial charge in [0.2, 0.25) is 0 Å². The van der Waals surface area contributed by atoms with Gasteiger partial charge in [0.25, 0.3) is 0 Å². The fourth-order valence-electron chi connectivity index (χ4n) is 3.91. The molecule has 4 heteroatoms. The van der Waals surface area contributed by atoms with Gasteiger partial charge in [-0.1, -0.05) is 46.5 Å². The monoisotopic (exact) mass is 374 g/mol. The molecule has 1 aromatic carbocycles. The van der Waals surface area contributed by atoms with Crippen molar-refractivity contribution in [1.29, 1.82) is 0 Å². The van der Waals surface area contributed by atoms with E-state index in [0.29, 0.717) is 16.4 Å². The molecule has 2 atom stereocenters. The maximum Gasteiger partial charge on any atom is 0.350 e. The molecule has 0 fully saturated rings. The van der Waals surface area contributed by atoms with Crippen LogP contribution in [-0.2, 0) is 6.42 Å². The van der Waals surface area contributed by atoms with Gasteiger partial charge in [0.15, 0.2) is 0 Å². The fourth-order valence-corrected chi connectivity index (χ4v) is 5.20. The molecular weight excluding hydrogens is 344 g/mol. The van der Waals surface area contributed by atoms with E-state index in [9.17, 15) is 9.90 Å². The second kappa shape index (κ2) is 8.51. The minimum absolute atomic E-state index is 0.255. The minimum atomic E-state index is -0.256. The first-order valence-electron chi connectivity index (χ1n) is 9.96. The van der Waals surface area contributed by atoms with E-state index in [4.69, 9.17) is 4.42 Å². The molecule has 0 amide bonds. The Morgan fingerprint density at radius 1 is 1.31 bits per heavy atom. The predicted octanol–water partition coefficient (Wildman–Crippen LogP) is 6.25. The lowest BCUT2D eigenvalue weighted by molar-refractivity contribution is 0.459. The molecule has 1 aliphatic heterocycles. The summed E-state index contributed by atoms with van der Waals surface area (Å²) in [6.45, 7) is 6.66. The zero-order valence-electron chi connectivity index (χ0n) is 16.1.